The third-order valence-electron chi connectivity index (χ3n) is 9.79. The molecule has 0 aromatic heterocycles. The van der Waals surface area contributed by atoms with Gasteiger partial charge in [0, 0.05) is 30.6 Å². The highest BCUT2D eigenvalue weighted by molar-refractivity contribution is 5.94. The number of nitrogens with zero attached hydrogens (tertiary/aromatic N) is 1. The van der Waals surface area contributed by atoms with Gasteiger partial charge in [-0.3, -0.25) is 9.59 Å². The number of aliphatic hydroxyl groups excluding tert-OH is 1. The molecule has 1 aliphatic heterocycles. The predicted octanol–water partition coefficient (Wildman–Crippen LogP) is 3.86. The smallest absolute Gasteiger partial charge is 0.251 e. The van der Waals surface area contributed by atoms with Crippen molar-refractivity contribution >= 4 is 11.8 Å². The molecule has 3 fully saturated rings. The standard InChI is InChI=1S/C30H47N3O4/c1-20(28(35)31-16-19-33-17-6-5-7-18-33)24-12-14-30(3)15-13-25(21(2)26(30)27(24)34)32-29(36)22-8-10-23(37-4)11-9-22/h8-11,20-21,24-27,34H,5-7,12-19H2,1-4H3,(H,31,35)(H,32,36)/t20-,21+,24?,25-,26+,27-,30-/m0/s1. The normalized spacial score (nSPS) is 33.2. The number of aliphatic hydroxyl groups is 1. The van der Waals surface area contributed by atoms with Crippen molar-refractivity contribution < 1.29 is 19.4 Å². The van der Waals surface area contributed by atoms with Crippen LogP contribution in [0.4, 0.5) is 0 Å². The topological polar surface area (TPSA) is 90.9 Å². The Morgan fingerprint density at radius 1 is 1.14 bits per heavy atom. The number of benzene rings is 1. The lowest BCUT2D eigenvalue weighted by Crippen LogP contribution is -2.58. The molecule has 1 aromatic rings. The number of nitrogens with one attached hydrogen (secondary N) is 2. The molecule has 1 unspecified atom stereocenters. The van der Waals surface area contributed by atoms with Gasteiger partial charge >= 0.3 is 0 Å². The molecule has 4 rings (SSSR count). The second-order valence-corrected chi connectivity index (χ2v) is 12.1. The molecule has 2 aliphatic carbocycles. The highest BCUT2D eigenvalue weighted by Crippen LogP contribution is 2.55. The number of methoxy groups -OCH3 is 1. The lowest BCUT2D eigenvalue weighted by molar-refractivity contribution is -0.142. The van der Waals surface area contributed by atoms with Crippen molar-refractivity contribution in [2.24, 2.45) is 29.1 Å². The zero-order valence-electron chi connectivity index (χ0n) is 23.2. The quantitative estimate of drug-likeness (QED) is 0.491. The summed E-state index contributed by atoms with van der Waals surface area (Å²) in [6.07, 6.45) is 6.99. The van der Waals surface area contributed by atoms with E-state index in [4.69, 9.17) is 4.74 Å². The van der Waals surface area contributed by atoms with Gasteiger partial charge in [0.15, 0.2) is 0 Å². The summed E-state index contributed by atoms with van der Waals surface area (Å²) in [5.41, 5.74) is 0.638. The Labute approximate surface area is 222 Å². The summed E-state index contributed by atoms with van der Waals surface area (Å²) >= 11 is 0. The molecule has 3 N–H and O–H groups in total. The van der Waals surface area contributed by atoms with Gasteiger partial charge in [0.05, 0.1) is 13.2 Å². The Morgan fingerprint density at radius 2 is 1.81 bits per heavy atom. The van der Waals surface area contributed by atoms with E-state index < -0.39 is 6.10 Å². The van der Waals surface area contributed by atoms with Gasteiger partial charge in [0.25, 0.3) is 5.91 Å². The molecule has 7 heteroatoms. The first-order valence-corrected chi connectivity index (χ1v) is 14.4. The van der Waals surface area contributed by atoms with Crippen molar-refractivity contribution in [3.8, 4) is 5.75 Å². The summed E-state index contributed by atoms with van der Waals surface area (Å²) in [7, 11) is 1.61. The first-order chi connectivity index (χ1) is 17.7. The number of amides is 2. The van der Waals surface area contributed by atoms with Gasteiger partial charge in [0.2, 0.25) is 5.91 Å². The van der Waals surface area contributed by atoms with E-state index in [1.54, 1.807) is 31.4 Å². The van der Waals surface area contributed by atoms with Crippen LogP contribution in [0.25, 0.3) is 0 Å². The summed E-state index contributed by atoms with van der Waals surface area (Å²) < 4.78 is 5.20. The maximum atomic E-state index is 13.1. The molecule has 37 heavy (non-hydrogen) atoms. The van der Waals surface area contributed by atoms with E-state index >= 15 is 0 Å². The minimum absolute atomic E-state index is 0.00486. The van der Waals surface area contributed by atoms with Crippen molar-refractivity contribution in [2.45, 2.75) is 77.9 Å². The Bertz CT molecular complexity index is 916. The van der Waals surface area contributed by atoms with Crippen molar-refractivity contribution in [1.29, 1.82) is 0 Å². The molecule has 0 bridgehead atoms. The summed E-state index contributed by atoms with van der Waals surface area (Å²) in [6, 6.07) is 7.15. The van der Waals surface area contributed by atoms with E-state index in [1.165, 1.54) is 19.3 Å². The summed E-state index contributed by atoms with van der Waals surface area (Å²) in [4.78, 5) is 28.5. The number of hydrogen-bond donors (Lipinski definition) is 3. The van der Waals surface area contributed by atoms with Gasteiger partial charge in [-0.1, -0.05) is 27.2 Å². The van der Waals surface area contributed by atoms with Gasteiger partial charge in [-0.2, -0.15) is 0 Å². The Kier molecular flexibility index (Phi) is 9.17. The molecule has 7 atom stereocenters. The summed E-state index contributed by atoms with van der Waals surface area (Å²) in [6.45, 7) is 10.3. The molecule has 7 nitrogen and oxygen atoms in total. The summed E-state index contributed by atoms with van der Waals surface area (Å²) in [5.74, 6) is 0.551. The van der Waals surface area contributed by atoms with Crippen LogP contribution in [0.2, 0.25) is 0 Å². The molecule has 206 valence electrons. The fourth-order valence-electron chi connectivity index (χ4n) is 7.37. The largest absolute Gasteiger partial charge is 0.497 e. The second kappa shape index (κ2) is 12.2. The minimum atomic E-state index is -0.558. The Hall–Kier alpha value is -2.12. The van der Waals surface area contributed by atoms with E-state index in [9.17, 15) is 14.7 Å². The molecule has 2 saturated carbocycles. The van der Waals surface area contributed by atoms with Crippen LogP contribution in [-0.2, 0) is 4.79 Å². The SMILES string of the molecule is COc1ccc(C(=O)N[C@H]2CC[C@]3(C)CCC([C@H](C)C(=O)NCCN4CCCCC4)[C@H](O)[C@H]3[C@@H]2C)cc1. The number of fused-ring (bicyclic) bond motifs is 1. The Morgan fingerprint density at radius 3 is 2.49 bits per heavy atom. The molecule has 0 spiro atoms. The maximum absolute atomic E-state index is 13.1. The van der Waals surface area contributed by atoms with Crippen molar-refractivity contribution in [3.63, 3.8) is 0 Å². The number of likely N-dealkylation sites (tertiary alicyclic amines) is 1. The first-order valence-electron chi connectivity index (χ1n) is 14.4. The molecular formula is C30H47N3O4. The molecule has 3 aliphatic rings. The van der Waals surface area contributed by atoms with Crippen LogP contribution in [0.5, 0.6) is 5.75 Å². The Balaban J connectivity index is 1.35. The van der Waals surface area contributed by atoms with Gasteiger partial charge < -0.3 is 25.4 Å². The first kappa shape index (κ1) is 27.9. The molecule has 1 saturated heterocycles. The lowest BCUT2D eigenvalue weighted by atomic mass is 9.51. The maximum Gasteiger partial charge on any atom is 0.251 e. The fourth-order valence-corrected chi connectivity index (χ4v) is 7.37. The molecular weight excluding hydrogens is 466 g/mol. The molecule has 1 aromatic carbocycles. The number of rotatable bonds is 8. The highest BCUT2D eigenvalue weighted by atomic mass is 16.5. The fraction of sp³-hybridized carbons (Fsp3) is 0.733. The number of hydrogen-bond acceptors (Lipinski definition) is 5. The third kappa shape index (κ3) is 6.31. The average molecular weight is 514 g/mol. The van der Waals surface area contributed by atoms with Gasteiger partial charge in [-0.05, 0) is 99.0 Å². The van der Waals surface area contributed by atoms with Crippen molar-refractivity contribution in [1.82, 2.24) is 15.5 Å². The van der Waals surface area contributed by atoms with Crippen molar-refractivity contribution in [2.75, 3.05) is 33.3 Å². The van der Waals surface area contributed by atoms with E-state index in [0.717, 1.165) is 51.1 Å². The van der Waals surface area contributed by atoms with E-state index in [-0.39, 0.29) is 46.9 Å². The lowest BCUT2D eigenvalue weighted by Gasteiger charge is -2.56. The van der Waals surface area contributed by atoms with Crippen LogP contribution < -0.4 is 15.4 Å². The van der Waals surface area contributed by atoms with Gasteiger partial charge in [-0.15, -0.1) is 0 Å². The van der Waals surface area contributed by atoms with Gasteiger partial charge in [0.1, 0.15) is 5.75 Å². The number of ether oxygens (including phenoxy) is 1. The zero-order chi connectivity index (χ0) is 26.6. The zero-order valence-corrected chi connectivity index (χ0v) is 23.2. The average Bonchev–Trinajstić information content (AvgIpc) is 2.90. The van der Waals surface area contributed by atoms with Crippen LogP contribution in [-0.4, -0.2) is 67.3 Å². The van der Waals surface area contributed by atoms with E-state index in [2.05, 4.69) is 29.4 Å². The van der Waals surface area contributed by atoms with Gasteiger partial charge in [-0.25, -0.2) is 0 Å². The number of piperidine rings is 1. The predicted molar refractivity (Wildman–Crippen MR) is 145 cm³/mol. The van der Waals surface area contributed by atoms with Crippen molar-refractivity contribution in [3.05, 3.63) is 29.8 Å². The molecule has 0 radical (unpaired) electrons. The van der Waals surface area contributed by atoms with Crippen LogP contribution >= 0.6 is 0 Å². The number of carbonyl (C=O) groups is 2. The summed E-state index contributed by atoms with van der Waals surface area (Å²) in [5, 5.41) is 18.0. The van der Waals surface area contributed by atoms with Crippen LogP contribution in [0.15, 0.2) is 24.3 Å². The molecule has 1 heterocycles. The highest BCUT2D eigenvalue weighted by Gasteiger charge is 2.53. The van der Waals surface area contributed by atoms with Crippen LogP contribution in [0, 0.1) is 29.1 Å². The minimum Gasteiger partial charge on any atom is -0.497 e. The van der Waals surface area contributed by atoms with Crippen LogP contribution in [0.1, 0.15) is 76.1 Å². The van der Waals surface area contributed by atoms with E-state index in [1.807, 2.05) is 6.92 Å². The number of carbonyl (C=O) groups excluding carboxylic acids is 2. The molecule has 2 amide bonds. The third-order valence-corrected chi connectivity index (χ3v) is 9.79. The second-order valence-electron chi connectivity index (χ2n) is 12.1. The van der Waals surface area contributed by atoms with Crippen LogP contribution in [0.3, 0.4) is 0 Å². The van der Waals surface area contributed by atoms with E-state index in [0.29, 0.717) is 12.1 Å². The monoisotopic (exact) mass is 513 g/mol.